The number of hydrogen-bond donors (Lipinski definition) is 1. The third-order valence-electron chi connectivity index (χ3n) is 4.52. The topological polar surface area (TPSA) is 55.2 Å². The SMILES string of the molecule is CCCNC(CCc1ccc([N+](=O)[O-])cc1)C1CCCC1. The summed E-state index contributed by atoms with van der Waals surface area (Å²) >= 11 is 0. The standard InChI is InChI=1S/C17H26N2O2/c1-2-13-18-17(15-5-3-4-6-15)12-9-14-7-10-16(11-8-14)19(20)21/h7-8,10-11,15,17-18H,2-6,9,12-13H2,1H3. The van der Waals surface area contributed by atoms with Gasteiger partial charge < -0.3 is 5.32 Å². The first-order valence-electron chi connectivity index (χ1n) is 8.17. The molecular weight excluding hydrogens is 264 g/mol. The average Bonchev–Trinajstić information content (AvgIpc) is 3.02. The molecule has 21 heavy (non-hydrogen) atoms. The molecule has 1 aromatic carbocycles. The van der Waals surface area contributed by atoms with Crippen molar-refractivity contribution in [3.05, 3.63) is 39.9 Å². The molecular formula is C17H26N2O2. The van der Waals surface area contributed by atoms with E-state index in [0.717, 1.165) is 25.3 Å². The molecule has 1 aromatic rings. The summed E-state index contributed by atoms with van der Waals surface area (Å²) in [5.41, 5.74) is 1.37. The number of aryl methyl sites for hydroxylation is 1. The highest BCUT2D eigenvalue weighted by Gasteiger charge is 2.24. The van der Waals surface area contributed by atoms with Crippen LogP contribution in [0.3, 0.4) is 0 Å². The van der Waals surface area contributed by atoms with Crippen LogP contribution in [0.1, 0.15) is 51.0 Å². The first-order valence-corrected chi connectivity index (χ1v) is 8.17. The van der Waals surface area contributed by atoms with Crippen LogP contribution in [-0.4, -0.2) is 17.5 Å². The lowest BCUT2D eigenvalue weighted by molar-refractivity contribution is -0.384. The van der Waals surface area contributed by atoms with Gasteiger partial charge in [0.2, 0.25) is 0 Å². The quantitative estimate of drug-likeness (QED) is 0.579. The van der Waals surface area contributed by atoms with Gasteiger partial charge >= 0.3 is 0 Å². The lowest BCUT2D eigenvalue weighted by atomic mass is 9.92. The number of rotatable bonds is 8. The molecule has 1 N–H and O–H groups in total. The van der Waals surface area contributed by atoms with Crippen molar-refractivity contribution < 1.29 is 4.92 Å². The fraction of sp³-hybridized carbons (Fsp3) is 0.647. The minimum Gasteiger partial charge on any atom is -0.314 e. The highest BCUT2D eigenvalue weighted by atomic mass is 16.6. The molecule has 0 amide bonds. The Hall–Kier alpha value is -1.42. The predicted molar refractivity (Wildman–Crippen MR) is 85.5 cm³/mol. The van der Waals surface area contributed by atoms with Gasteiger partial charge in [0.25, 0.3) is 5.69 Å². The van der Waals surface area contributed by atoms with Crippen molar-refractivity contribution in [2.24, 2.45) is 5.92 Å². The average molecular weight is 290 g/mol. The molecule has 0 bridgehead atoms. The fourth-order valence-corrected chi connectivity index (χ4v) is 3.30. The van der Waals surface area contributed by atoms with E-state index >= 15 is 0 Å². The van der Waals surface area contributed by atoms with E-state index in [4.69, 9.17) is 0 Å². The normalized spacial score (nSPS) is 17.0. The predicted octanol–water partition coefficient (Wildman–Crippen LogP) is 4.09. The maximum absolute atomic E-state index is 10.7. The van der Waals surface area contributed by atoms with E-state index in [-0.39, 0.29) is 10.6 Å². The maximum atomic E-state index is 10.7. The van der Waals surface area contributed by atoms with Crippen molar-refractivity contribution in [3.8, 4) is 0 Å². The first-order chi connectivity index (χ1) is 10.2. The van der Waals surface area contributed by atoms with E-state index in [2.05, 4.69) is 12.2 Å². The Morgan fingerprint density at radius 1 is 1.29 bits per heavy atom. The molecule has 1 atom stereocenters. The summed E-state index contributed by atoms with van der Waals surface area (Å²) in [5, 5.41) is 14.4. The summed E-state index contributed by atoms with van der Waals surface area (Å²) in [6.07, 6.45) is 8.72. The fourth-order valence-electron chi connectivity index (χ4n) is 3.30. The summed E-state index contributed by atoms with van der Waals surface area (Å²) in [5.74, 6) is 0.814. The Morgan fingerprint density at radius 2 is 1.95 bits per heavy atom. The minimum atomic E-state index is -0.339. The molecule has 0 heterocycles. The molecule has 0 spiro atoms. The molecule has 0 saturated heterocycles. The van der Waals surface area contributed by atoms with Crippen LogP contribution < -0.4 is 5.32 Å². The van der Waals surface area contributed by atoms with Gasteiger partial charge in [0.05, 0.1) is 4.92 Å². The van der Waals surface area contributed by atoms with Gasteiger partial charge in [-0.3, -0.25) is 10.1 Å². The maximum Gasteiger partial charge on any atom is 0.269 e. The molecule has 1 aliphatic carbocycles. The smallest absolute Gasteiger partial charge is 0.269 e. The van der Waals surface area contributed by atoms with Gasteiger partial charge in [-0.1, -0.05) is 31.9 Å². The Bertz CT molecular complexity index is 439. The van der Waals surface area contributed by atoms with Crippen molar-refractivity contribution in [3.63, 3.8) is 0 Å². The monoisotopic (exact) mass is 290 g/mol. The number of non-ortho nitro benzene ring substituents is 1. The van der Waals surface area contributed by atoms with Gasteiger partial charge in [-0.2, -0.15) is 0 Å². The second-order valence-corrected chi connectivity index (χ2v) is 6.07. The number of nitro groups is 1. The van der Waals surface area contributed by atoms with Gasteiger partial charge in [-0.15, -0.1) is 0 Å². The van der Waals surface area contributed by atoms with Crippen molar-refractivity contribution >= 4 is 5.69 Å². The molecule has 2 rings (SSSR count). The summed E-state index contributed by atoms with van der Waals surface area (Å²) in [7, 11) is 0. The molecule has 1 saturated carbocycles. The van der Waals surface area contributed by atoms with Gasteiger partial charge in [0, 0.05) is 18.2 Å². The van der Waals surface area contributed by atoms with Crippen LogP contribution in [0.5, 0.6) is 0 Å². The third kappa shape index (κ3) is 4.81. The highest BCUT2D eigenvalue weighted by molar-refractivity contribution is 5.32. The van der Waals surface area contributed by atoms with Crippen LogP contribution in [-0.2, 0) is 6.42 Å². The van der Waals surface area contributed by atoms with Gasteiger partial charge in [-0.05, 0) is 50.1 Å². The summed E-state index contributed by atoms with van der Waals surface area (Å²) in [6, 6.07) is 7.61. The van der Waals surface area contributed by atoms with Gasteiger partial charge in [0.15, 0.2) is 0 Å². The number of nitrogens with zero attached hydrogens (tertiary/aromatic N) is 1. The Labute approximate surface area is 127 Å². The van der Waals surface area contributed by atoms with E-state index < -0.39 is 0 Å². The third-order valence-corrected chi connectivity index (χ3v) is 4.52. The minimum absolute atomic E-state index is 0.176. The van der Waals surface area contributed by atoms with Gasteiger partial charge in [-0.25, -0.2) is 0 Å². The van der Waals surface area contributed by atoms with E-state index in [1.165, 1.54) is 37.7 Å². The molecule has 0 radical (unpaired) electrons. The summed E-state index contributed by atoms with van der Waals surface area (Å²) < 4.78 is 0. The molecule has 116 valence electrons. The molecule has 1 fully saturated rings. The number of hydrogen-bond acceptors (Lipinski definition) is 3. The van der Waals surface area contributed by atoms with E-state index in [1.807, 2.05) is 12.1 Å². The Kier molecular flexibility index (Phi) is 6.18. The van der Waals surface area contributed by atoms with Crippen LogP contribution in [0.15, 0.2) is 24.3 Å². The Morgan fingerprint density at radius 3 is 2.52 bits per heavy atom. The van der Waals surface area contributed by atoms with Crippen molar-refractivity contribution in [2.45, 2.75) is 57.9 Å². The van der Waals surface area contributed by atoms with Crippen molar-refractivity contribution in [2.75, 3.05) is 6.54 Å². The Balaban J connectivity index is 1.89. The van der Waals surface area contributed by atoms with E-state index in [1.54, 1.807) is 12.1 Å². The molecule has 1 unspecified atom stereocenters. The molecule has 4 heteroatoms. The van der Waals surface area contributed by atoms with Crippen LogP contribution in [0, 0.1) is 16.0 Å². The van der Waals surface area contributed by atoms with E-state index in [9.17, 15) is 10.1 Å². The van der Waals surface area contributed by atoms with Crippen LogP contribution in [0.2, 0.25) is 0 Å². The second kappa shape index (κ2) is 8.13. The van der Waals surface area contributed by atoms with Crippen molar-refractivity contribution in [1.29, 1.82) is 0 Å². The van der Waals surface area contributed by atoms with Gasteiger partial charge in [0.1, 0.15) is 0 Å². The number of benzene rings is 1. The molecule has 4 nitrogen and oxygen atoms in total. The summed E-state index contributed by atoms with van der Waals surface area (Å²) in [4.78, 5) is 10.3. The number of nitro benzene ring substituents is 1. The lowest BCUT2D eigenvalue weighted by Gasteiger charge is -2.24. The lowest BCUT2D eigenvalue weighted by Crippen LogP contribution is -2.36. The molecule has 0 aromatic heterocycles. The summed E-state index contributed by atoms with van der Waals surface area (Å²) in [6.45, 7) is 3.29. The molecule has 0 aliphatic heterocycles. The zero-order valence-electron chi connectivity index (χ0n) is 12.9. The molecule has 1 aliphatic rings. The van der Waals surface area contributed by atoms with E-state index in [0.29, 0.717) is 6.04 Å². The second-order valence-electron chi connectivity index (χ2n) is 6.07. The number of nitrogens with one attached hydrogen (secondary N) is 1. The van der Waals surface area contributed by atoms with Crippen LogP contribution in [0.25, 0.3) is 0 Å². The zero-order chi connectivity index (χ0) is 15.1. The van der Waals surface area contributed by atoms with Crippen LogP contribution >= 0.6 is 0 Å². The largest absolute Gasteiger partial charge is 0.314 e. The van der Waals surface area contributed by atoms with Crippen molar-refractivity contribution in [1.82, 2.24) is 5.32 Å². The van der Waals surface area contributed by atoms with Crippen LogP contribution in [0.4, 0.5) is 5.69 Å². The zero-order valence-corrected chi connectivity index (χ0v) is 12.9. The first kappa shape index (κ1) is 16.0. The highest BCUT2D eigenvalue weighted by Crippen LogP contribution is 2.29.